The first-order chi connectivity index (χ1) is 10.1. The first-order valence-corrected chi connectivity index (χ1v) is 7.02. The van der Waals surface area contributed by atoms with Gasteiger partial charge in [-0.25, -0.2) is 0 Å². The molecule has 6 heteroatoms. The van der Waals surface area contributed by atoms with E-state index in [-0.39, 0.29) is 5.91 Å². The third-order valence-corrected chi connectivity index (χ3v) is 3.59. The molecule has 0 aliphatic carbocycles. The zero-order chi connectivity index (χ0) is 14.8. The largest absolute Gasteiger partial charge is 0.382 e. The molecule has 0 bridgehead atoms. The molecule has 0 saturated carbocycles. The van der Waals surface area contributed by atoms with Crippen molar-refractivity contribution in [1.29, 1.82) is 0 Å². The number of rotatable bonds is 3. The van der Waals surface area contributed by atoms with E-state index in [0.29, 0.717) is 12.1 Å². The van der Waals surface area contributed by atoms with Crippen molar-refractivity contribution in [3.63, 3.8) is 0 Å². The minimum atomic E-state index is -0.0755. The van der Waals surface area contributed by atoms with Gasteiger partial charge in [0.05, 0.1) is 17.1 Å². The van der Waals surface area contributed by atoms with Gasteiger partial charge in [-0.05, 0) is 25.1 Å². The number of aromatic nitrogens is 2. The Morgan fingerprint density at radius 3 is 2.81 bits per heavy atom. The van der Waals surface area contributed by atoms with Crippen molar-refractivity contribution in [1.82, 2.24) is 15.1 Å². The van der Waals surface area contributed by atoms with Crippen LogP contribution >= 0.6 is 0 Å². The third kappa shape index (κ3) is 2.84. The molecule has 1 aliphatic rings. The zero-order valence-electron chi connectivity index (χ0n) is 12.2. The fourth-order valence-electron chi connectivity index (χ4n) is 2.48. The monoisotopic (exact) mass is 285 g/mol. The summed E-state index contributed by atoms with van der Waals surface area (Å²) in [6.45, 7) is 4.20. The molecule has 3 N–H and O–H groups in total. The number of aryl methyl sites for hydroxylation is 2. The lowest BCUT2D eigenvalue weighted by Crippen LogP contribution is -2.24. The molecular weight excluding hydrogens is 266 g/mol. The van der Waals surface area contributed by atoms with E-state index in [9.17, 15) is 4.79 Å². The molecule has 2 heterocycles. The van der Waals surface area contributed by atoms with E-state index in [1.807, 2.05) is 38.4 Å². The van der Waals surface area contributed by atoms with Crippen LogP contribution in [-0.4, -0.2) is 28.8 Å². The second-order valence-corrected chi connectivity index (χ2v) is 5.21. The van der Waals surface area contributed by atoms with Crippen molar-refractivity contribution >= 4 is 17.3 Å². The highest BCUT2D eigenvalue weighted by atomic mass is 16.1. The van der Waals surface area contributed by atoms with Crippen molar-refractivity contribution in [2.75, 3.05) is 23.7 Å². The number of carbonyl (C=O) groups excluding carboxylic acids is 1. The standard InChI is InChI=1S/C15H19N5O/c1-10-12(9-20(2)19-10)8-18-15(21)11-3-4-13-14(7-11)17-6-5-16-13/h3-4,7,9,16-17H,5-6,8H2,1-2H3,(H,18,21). The summed E-state index contributed by atoms with van der Waals surface area (Å²) >= 11 is 0. The Morgan fingerprint density at radius 2 is 2.10 bits per heavy atom. The Kier molecular flexibility index (Phi) is 3.51. The molecule has 2 aromatic rings. The second-order valence-electron chi connectivity index (χ2n) is 5.21. The van der Waals surface area contributed by atoms with Crippen LogP contribution in [0.5, 0.6) is 0 Å². The maximum atomic E-state index is 12.2. The number of nitrogens with one attached hydrogen (secondary N) is 3. The molecule has 1 aliphatic heterocycles. The van der Waals surface area contributed by atoms with Crippen molar-refractivity contribution in [2.24, 2.45) is 7.05 Å². The zero-order valence-corrected chi connectivity index (χ0v) is 12.2. The maximum Gasteiger partial charge on any atom is 0.251 e. The normalized spacial score (nSPS) is 13.0. The maximum absolute atomic E-state index is 12.2. The topological polar surface area (TPSA) is 71.0 Å². The molecular formula is C15H19N5O. The van der Waals surface area contributed by atoms with Gasteiger partial charge in [-0.15, -0.1) is 0 Å². The summed E-state index contributed by atoms with van der Waals surface area (Å²) in [6, 6.07) is 5.66. The first kappa shape index (κ1) is 13.5. The minimum Gasteiger partial charge on any atom is -0.382 e. The quantitative estimate of drug-likeness (QED) is 0.799. The second kappa shape index (κ2) is 5.47. The lowest BCUT2D eigenvalue weighted by Gasteiger charge is -2.20. The highest BCUT2D eigenvalue weighted by Gasteiger charge is 2.12. The number of benzene rings is 1. The lowest BCUT2D eigenvalue weighted by atomic mass is 10.1. The minimum absolute atomic E-state index is 0.0755. The number of carbonyl (C=O) groups is 1. The van der Waals surface area contributed by atoms with Gasteiger partial charge in [-0.3, -0.25) is 9.48 Å². The van der Waals surface area contributed by atoms with Gasteiger partial charge in [0, 0.05) is 44.0 Å². The summed E-state index contributed by atoms with van der Waals surface area (Å²) in [4.78, 5) is 12.2. The molecule has 1 amide bonds. The molecule has 0 fully saturated rings. The van der Waals surface area contributed by atoms with Crippen LogP contribution in [-0.2, 0) is 13.6 Å². The lowest BCUT2D eigenvalue weighted by molar-refractivity contribution is 0.0951. The van der Waals surface area contributed by atoms with Crippen molar-refractivity contribution in [3.05, 3.63) is 41.2 Å². The van der Waals surface area contributed by atoms with Gasteiger partial charge in [-0.2, -0.15) is 5.10 Å². The van der Waals surface area contributed by atoms with Crippen LogP contribution in [0.1, 0.15) is 21.6 Å². The average molecular weight is 285 g/mol. The molecule has 0 unspecified atom stereocenters. The van der Waals surface area contributed by atoms with Gasteiger partial charge in [-0.1, -0.05) is 0 Å². The highest BCUT2D eigenvalue weighted by Crippen LogP contribution is 2.25. The Hall–Kier alpha value is -2.50. The summed E-state index contributed by atoms with van der Waals surface area (Å²) in [5.74, 6) is -0.0755. The summed E-state index contributed by atoms with van der Waals surface area (Å²) in [6.07, 6.45) is 1.92. The molecule has 0 saturated heterocycles. The van der Waals surface area contributed by atoms with Gasteiger partial charge in [0.1, 0.15) is 0 Å². The van der Waals surface area contributed by atoms with Crippen LogP contribution in [0.3, 0.4) is 0 Å². The molecule has 21 heavy (non-hydrogen) atoms. The Labute approximate surface area is 123 Å². The number of amides is 1. The van der Waals surface area contributed by atoms with E-state index < -0.39 is 0 Å². The number of hydrogen-bond donors (Lipinski definition) is 3. The number of hydrogen-bond acceptors (Lipinski definition) is 4. The van der Waals surface area contributed by atoms with E-state index in [4.69, 9.17) is 0 Å². The summed E-state index contributed by atoms with van der Waals surface area (Å²) in [7, 11) is 1.88. The fraction of sp³-hybridized carbons (Fsp3) is 0.333. The van der Waals surface area contributed by atoms with E-state index in [1.54, 1.807) is 4.68 Å². The van der Waals surface area contributed by atoms with Crippen LogP contribution in [0.25, 0.3) is 0 Å². The van der Waals surface area contributed by atoms with Crippen molar-refractivity contribution < 1.29 is 4.79 Å². The van der Waals surface area contributed by atoms with E-state index in [1.165, 1.54) is 0 Å². The van der Waals surface area contributed by atoms with Crippen LogP contribution in [0, 0.1) is 6.92 Å². The predicted octanol–water partition coefficient (Wildman–Crippen LogP) is 1.50. The average Bonchev–Trinajstić information content (AvgIpc) is 2.82. The van der Waals surface area contributed by atoms with Crippen LogP contribution in [0.2, 0.25) is 0 Å². The van der Waals surface area contributed by atoms with Crippen LogP contribution < -0.4 is 16.0 Å². The van der Waals surface area contributed by atoms with Gasteiger partial charge >= 0.3 is 0 Å². The Bertz CT molecular complexity index is 677. The predicted molar refractivity (Wildman–Crippen MR) is 82.5 cm³/mol. The summed E-state index contributed by atoms with van der Waals surface area (Å²) < 4.78 is 1.76. The number of nitrogens with zero attached hydrogens (tertiary/aromatic N) is 2. The van der Waals surface area contributed by atoms with Crippen molar-refractivity contribution in [2.45, 2.75) is 13.5 Å². The molecule has 0 radical (unpaired) electrons. The van der Waals surface area contributed by atoms with Crippen molar-refractivity contribution in [3.8, 4) is 0 Å². The molecule has 1 aromatic heterocycles. The van der Waals surface area contributed by atoms with E-state index in [0.717, 1.165) is 35.7 Å². The summed E-state index contributed by atoms with van der Waals surface area (Å²) in [5, 5.41) is 13.8. The van der Waals surface area contributed by atoms with Crippen LogP contribution in [0.15, 0.2) is 24.4 Å². The smallest absolute Gasteiger partial charge is 0.251 e. The Balaban J connectivity index is 1.69. The van der Waals surface area contributed by atoms with Gasteiger partial charge in [0.2, 0.25) is 0 Å². The number of fused-ring (bicyclic) bond motifs is 1. The highest BCUT2D eigenvalue weighted by molar-refractivity contribution is 5.96. The third-order valence-electron chi connectivity index (χ3n) is 3.59. The molecule has 1 aromatic carbocycles. The molecule has 3 rings (SSSR count). The first-order valence-electron chi connectivity index (χ1n) is 7.02. The number of anilines is 2. The SMILES string of the molecule is Cc1nn(C)cc1CNC(=O)c1ccc2c(c1)NCCN2. The molecule has 0 atom stereocenters. The van der Waals surface area contributed by atoms with Gasteiger partial charge in [0.15, 0.2) is 0 Å². The van der Waals surface area contributed by atoms with Gasteiger partial charge < -0.3 is 16.0 Å². The van der Waals surface area contributed by atoms with Crippen LogP contribution in [0.4, 0.5) is 11.4 Å². The Morgan fingerprint density at radius 1 is 1.33 bits per heavy atom. The van der Waals surface area contributed by atoms with Gasteiger partial charge in [0.25, 0.3) is 5.91 Å². The molecule has 6 nitrogen and oxygen atoms in total. The molecule has 110 valence electrons. The van der Waals surface area contributed by atoms with E-state index >= 15 is 0 Å². The fourth-order valence-corrected chi connectivity index (χ4v) is 2.48. The van der Waals surface area contributed by atoms with E-state index in [2.05, 4.69) is 21.0 Å². The summed E-state index contributed by atoms with van der Waals surface area (Å²) in [5.41, 5.74) is 4.65. The molecule has 0 spiro atoms.